The summed E-state index contributed by atoms with van der Waals surface area (Å²) in [4.78, 5) is 15.1. The summed E-state index contributed by atoms with van der Waals surface area (Å²) in [5, 5.41) is 0.822. The second-order valence-corrected chi connectivity index (χ2v) is 8.88. The van der Waals surface area contributed by atoms with E-state index >= 15 is 0 Å². The third-order valence-corrected chi connectivity index (χ3v) is 6.47. The number of piperidine rings is 1. The first-order valence-corrected chi connectivity index (χ1v) is 12.1. The van der Waals surface area contributed by atoms with E-state index in [1.807, 2.05) is 35.1 Å². The number of anilines is 1. The van der Waals surface area contributed by atoms with Crippen LogP contribution in [0.4, 0.5) is 10.3 Å². The maximum Gasteiger partial charge on any atom is 0.219 e. The lowest BCUT2D eigenvalue weighted by Gasteiger charge is -2.32. The van der Waals surface area contributed by atoms with Gasteiger partial charge >= 0.3 is 0 Å². The number of benzene rings is 2. The van der Waals surface area contributed by atoms with Gasteiger partial charge in [0, 0.05) is 49.3 Å². The van der Waals surface area contributed by atoms with E-state index in [9.17, 15) is 4.39 Å². The minimum Gasteiger partial charge on any atom is -0.490 e. The summed E-state index contributed by atoms with van der Waals surface area (Å²) in [6.45, 7) is 2.74. The highest BCUT2D eigenvalue weighted by molar-refractivity contribution is 7.98. The second kappa shape index (κ2) is 9.36. The normalized spacial score (nSPS) is 15.2. The molecular weight excluding hydrogens is 439 g/mol. The van der Waals surface area contributed by atoms with Gasteiger partial charge in [0.25, 0.3) is 0 Å². The van der Waals surface area contributed by atoms with Crippen molar-refractivity contribution >= 4 is 28.7 Å². The van der Waals surface area contributed by atoms with Crippen LogP contribution in [0.15, 0.2) is 60.0 Å². The van der Waals surface area contributed by atoms with Crippen molar-refractivity contribution in [3.63, 3.8) is 0 Å². The standard InChI is InChI=1S/C24H25FN6OS/c1-33-24-29-21-12-17(25)2-7-22(21)31(24)18-3-5-19(6-4-18)32-20-8-10-30(11-9-20)15-16-13-27-23(26)28-14-16/h2-7,12-14,20H,8-11,15H2,1H3,(H2,26,27,28). The predicted molar refractivity (Wildman–Crippen MR) is 128 cm³/mol. The van der Waals surface area contributed by atoms with Crippen LogP contribution in [-0.2, 0) is 6.54 Å². The molecule has 2 aromatic carbocycles. The maximum atomic E-state index is 13.6. The van der Waals surface area contributed by atoms with Gasteiger partial charge in [0.2, 0.25) is 5.95 Å². The second-order valence-electron chi connectivity index (χ2n) is 8.10. The van der Waals surface area contributed by atoms with E-state index in [0.717, 1.165) is 60.1 Å². The fourth-order valence-electron chi connectivity index (χ4n) is 4.17. The molecular formula is C24H25FN6OS. The van der Waals surface area contributed by atoms with Crippen molar-refractivity contribution in [3.05, 3.63) is 66.2 Å². The smallest absolute Gasteiger partial charge is 0.219 e. The van der Waals surface area contributed by atoms with Gasteiger partial charge in [-0.2, -0.15) is 0 Å². The Morgan fingerprint density at radius 1 is 1.09 bits per heavy atom. The molecule has 1 saturated heterocycles. The number of ether oxygens (including phenoxy) is 1. The Hall–Kier alpha value is -3.17. The zero-order chi connectivity index (χ0) is 22.8. The fraction of sp³-hybridized carbons (Fsp3) is 0.292. The summed E-state index contributed by atoms with van der Waals surface area (Å²) in [7, 11) is 0. The van der Waals surface area contributed by atoms with Crippen LogP contribution in [0, 0.1) is 5.82 Å². The monoisotopic (exact) mass is 464 g/mol. The molecule has 1 fully saturated rings. The lowest BCUT2D eigenvalue weighted by Crippen LogP contribution is -2.37. The molecule has 3 heterocycles. The van der Waals surface area contributed by atoms with Gasteiger partial charge < -0.3 is 10.5 Å². The number of aromatic nitrogens is 4. The number of nitrogens with zero attached hydrogens (tertiary/aromatic N) is 5. The average Bonchev–Trinajstić information content (AvgIpc) is 3.20. The van der Waals surface area contributed by atoms with Crippen molar-refractivity contribution in [1.29, 1.82) is 0 Å². The number of thioether (sulfide) groups is 1. The Balaban J connectivity index is 1.22. The minimum absolute atomic E-state index is 0.188. The molecule has 170 valence electrons. The molecule has 0 radical (unpaired) electrons. The number of rotatable bonds is 6. The Kier molecular flexibility index (Phi) is 6.15. The van der Waals surface area contributed by atoms with Gasteiger partial charge in [0.1, 0.15) is 17.7 Å². The van der Waals surface area contributed by atoms with E-state index in [2.05, 4.69) is 19.9 Å². The molecule has 0 amide bonds. The zero-order valence-electron chi connectivity index (χ0n) is 18.3. The van der Waals surface area contributed by atoms with Crippen molar-refractivity contribution in [2.45, 2.75) is 30.6 Å². The molecule has 9 heteroatoms. The van der Waals surface area contributed by atoms with Crippen LogP contribution in [0.3, 0.4) is 0 Å². The van der Waals surface area contributed by atoms with E-state index in [1.165, 1.54) is 23.9 Å². The van der Waals surface area contributed by atoms with Crippen molar-refractivity contribution < 1.29 is 9.13 Å². The number of likely N-dealkylation sites (tertiary alicyclic amines) is 1. The Bertz CT molecular complexity index is 1240. The van der Waals surface area contributed by atoms with Crippen molar-refractivity contribution in [2.75, 3.05) is 25.1 Å². The van der Waals surface area contributed by atoms with E-state index in [0.29, 0.717) is 11.5 Å². The third kappa shape index (κ3) is 4.79. The summed E-state index contributed by atoms with van der Waals surface area (Å²) >= 11 is 1.54. The van der Waals surface area contributed by atoms with Gasteiger partial charge in [-0.3, -0.25) is 9.47 Å². The first-order valence-electron chi connectivity index (χ1n) is 10.9. The summed E-state index contributed by atoms with van der Waals surface area (Å²) in [5.41, 5.74) is 9.14. The fourth-order valence-corrected chi connectivity index (χ4v) is 4.75. The lowest BCUT2D eigenvalue weighted by atomic mass is 10.1. The largest absolute Gasteiger partial charge is 0.490 e. The molecule has 1 aliphatic heterocycles. The van der Waals surface area contributed by atoms with Crippen LogP contribution >= 0.6 is 11.8 Å². The first-order chi connectivity index (χ1) is 16.1. The van der Waals surface area contributed by atoms with Gasteiger partial charge in [0.05, 0.1) is 11.0 Å². The maximum absolute atomic E-state index is 13.6. The molecule has 4 aromatic rings. The molecule has 0 spiro atoms. The molecule has 2 N–H and O–H groups in total. The van der Waals surface area contributed by atoms with Crippen LogP contribution in [-0.4, -0.2) is 49.9 Å². The number of nitrogens with two attached hydrogens (primary N) is 1. The highest BCUT2D eigenvalue weighted by Crippen LogP contribution is 2.29. The first kappa shape index (κ1) is 21.7. The summed E-state index contributed by atoms with van der Waals surface area (Å²) in [6.07, 6.45) is 7.66. The van der Waals surface area contributed by atoms with Crippen molar-refractivity contribution in [2.24, 2.45) is 0 Å². The molecule has 7 nitrogen and oxygen atoms in total. The Morgan fingerprint density at radius 3 is 2.52 bits per heavy atom. The molecule has 1 aliphatic rings. The number of nitrogen functional groups attached to an aromatic ring is 1. The quantitative estimate of drug-likeness (QED) is 0.426. The van der Waals surface area contributed by atoms with Crippen LogP contribution in [0.25, 0.3) is 16.7 Å². The number of halogens is 1. The van der Waals surface area contributed by atoms with Gasteiger partial charge in [0.15, 0.2) is 5.16 Å². The van der Waals surface area contributed by atoms with E-state index in [1.54, 1.807) is 18.5 Å². The summed E-state index contributed by atoms with van der Waals surface area (Å²) in [6, 6.07) is 12.7. The van der Waals surface area contributed by atoms with E-state index in [-0.39, 0.29) is 11.9 Å². The van der Waals surface area contributed by atoms with Crippen LogP contribution < -0.4 is 10.5 Å². The molecule has 0 atom stereocenters. The van der Waals surface area contributed by atoms with Crippen molar-refractivity contribution in [1.82, 2.24) is 24.4 Å². The Morgan fingerprint density at radius 2 is 1.82 bits per heavy atom. The topological polar surface area (TPSA) is 82.1 Å². The number of hydrogen-bond donors (Lipinski definition) is 1. The average molecular weight is 465 g/mol. The van der Waals surface area contributed by atoms with Crippen LogP contribution in [0.2, 0.25) is 0 Å². The zero-order valence-corrected chi connectivity index (χ0v) is 19.1. The highest BCUT2D eigenvalue weighted by Gasteiger charge is 2.21. The van der Waals surface area contributed by atoms with E-state index in [4.69, 9.17) is 10.5 Å². The molecule has 33 heavy (non-hydrogen) atoms. The van der Waals surface area contributed by atoms with Gasteiger partial charge in [-0.25, -0.2) is 19.3 Å². The third-order valence-electron chi connectivity index (χ3n) is 5.83. The lowest BCUT2D eigenvalue weighted by molar-refractivity contribution is 0.0967. The Labute approximate surface area is 195 Å². The van der Waals surface area contributed by atoms with Gasteiger partial charge in [-0.05, 0) is 55.5 Å². The summed E-state index contributed by atoms with van der Waals surface area (Å²) < 4.78 is 21.9. The summed E-state index contributed by atoms with van der Waals surface area (Å²) in [5.74, 6) is 0.873. The molecule has 0 bridgehead atoms. The SMILES string of the molecule is CSc1nc2cc(F)ccc2n1-c1ccc(OC2CCN(Cc3cnc(N)nc3)CC2)cc1. The van der Waals surface area contributed by atoms with E-state index < -0.39 is 0 Å². The van der Waals surface area contributed by atoms with Crippen LogP contribution in [0.1, 0.15) is 18.4 Å². The number of fused-ring (bicyclic) bond motifs is 1. The van der Waals surface area contributed by atoms with Crippen LogP contribution in [0.5, 0.6) is 5.75 Å². The van der Waals surface area contributed by atoms with Gasteiger partial charge in [-0.1, -0.05) is 11.8 Å². The van der Waals surface area contributed by atoms with Crippen molar-refractivity contribution in [3.8, 4) is 11.4 Å². The molecule has 0 saturated carbocycles. The number of hydrogen-bond acceptors (Lipinski definition) is 7. The molecule has 0 unspecified atom stereocenters. The predicted octanol–water partition coefficient (Wildman–Crippen LogP) is 4.30. The highest BCUT2D eigenvalue weighted by atomic mass is 32.2. The number of imidazole rings is 1. The van der Waals surface area contributed by atoms with Gasteiger partial charge in [-0.15, -0.1) is 0 Å². The molecule has 2 aromatic heterocycles. The molecule has 5 rings (SSSR count). The molecule has 0 aliphatic carbocycles. The minimum atomic E-state index is -0.281.